The molecule has 0 saturated heterocycles. The Kier molecular flexibility index (Phi) is 6.37. The summed E-state index contributed by atoms with van der Waals surface area (Å²) in [4.78, 5) is 19.7. The van der Waals surface area contributed by atoms with Crippen molar-refractivity contribution >= 4 is 23.1 Å². The molecule has 38 heavy (non-hydrogen) atoms. The van der Waals surface area contributed by atoms with Gasteiger partial charge in [-0.2, -0.15) is 0 Å². The first-order valence-corrected chi connectivity index (χ1v) is 13.5. The fourth-order valence-corrected chi connectivity index (χ4v) is 6.31. The lowest BCUT2D eigenvalue weighted by atomic mass is 9.83. The van der Waals surface area contributed by atoms with Gasteiger partial charge in [0.15, 0.2) is 16.3 Å². The van der Waals surface area contributed by atoms with Gasteiger partial charge in [-0.05, 0) is 72.4 Å². The predicted molar refractivity (Wildman–Crippen MR) is 150 cm³/mol. The zero-order valence-electron chi connectivity index (χ0n) is 21.6. The lowest BCUT2D eigenvalue weighted by Crippen LogP contribution is -2.38. The van der Waals surface area contributed by atoms with Gasteiger partial charge in [0.05, 0.1) is 37.1 Å². The second-order valence-corrected chi connectivity index (χ2v) is 10.2. The van der Waals surface area contributed by atoms with Gasteiger partial charge in [0.2, 0.25) is 0 Å². The van der Waals surface area contributed by atoms with Gasteiger partial charge in [-0.25, -0.2) is 4.99 Å². The molecule has 0 unspecified atom stereocenters. The Morgan fingerprint density at radius 1 is 1.00 bits per heavy atom. The Bertz CT molecular complexity index is 1730. The highest BCUT2D eigenvalue weighted by atomic mass is 32.1. The smallest absolute Gasteiger partial charge is 0.271 e. The molecule has 6 nitrogen and oxygen atoms in total. The summed E-state index contributed by atoms with van der Waals surface area (Å²) >= 11 is 1.42. The number of ether oxygens (including phenoxy) is 3. The highest BCUT2D eigenvalue weighted by Crippen LogP contribution is 2.41. The summed E-state index contributed by atoms with van der Waals surface area (Å²) in [5.41, 5.74) is 6.48. The third-order valence-corrected chi connectivity index (χ3v) is 8.07. The highest BCUT2D eigenvalue weighted by molar-refractivity contribution is 7.07. The van der Waals surface area contributed by atoms with E-state index in [2.05, 4.69) is 36.4 Å². The fourth-order valence-electron chi connectivity index (χ4n) is 5.31. The zero-order chi connectivity index (χ0) is 26.2. The largest absolute Gasteiger partial charge is 0.497 e. The van der Waals surface area contributed by atoms with Crippen LogP contribution in [0.2, 0.25) is 0 Å². The Morgan fingerprint density at radius 2 is 1.82 bits per heavy atom. The summed E-state index contributed by atoms with van der Waals surface area (Å²) in [6.45, 7) is 2.48. The first-order valence-electron chi connectivity index (χ1n) is 12.7. The Labute approximate surface area is 224 Å². The van der Waals surface area contributed by atoms with Crippen LogP contribution in [0.4, 0.5) is 0 Å². The Balaban J connectivity index is 1.55. The minimum atomic E-state index is -0.225. The van der Waals surface area contributed by atoms with Crippen LogP contribution in [0.25, 0.3) is 11.8 Å². The Hall–Kier alpha value is -4.10. The van der Waals surface area contributed by atoms with E-state index >= 15 is 0 Å². The third kappa shape index (κ3) is 4.13. The first kappa shape index (κ1) is 24.2. The molecule has 0 radical (unpaired) electrons. The van der Waals surface area contributed by atoms with E-state index < -0.39 is 0 Å². The minimum absolute atomic E-state index is 0.0483. The number of aryl methyl sites for hydroxylation is 1. The quantitative estimate of drug-likeness (QED) is 0.366. The molecular weight excluding hydrogens is 496 g/mol. The average Bonchev–Trinajstić information content (AvgIpc) is 3.27. The second kappa shape index (κ2) is 9.99. The van der Waals surface area contributed by atoms with Crippen molar-refractivity contribution in [3.63, 3.8) is 0 Å². The van der Waals surface area contributed by atoms with Gasteiger partial charge in [0, 0.05) is 5.56 Å². The summed E-state index contributed by atoms with van der Waals surface area (Å²) in [6, 6.07) is 21.9. The molecule has 2 heterocycles. The van der Waals surface area contributed by atoms with E-state index in [-0.39, 0.29) is 11.6 Å². The maximum atomic E-state index is 13.9. The second-order valence-electron chi connectivity index (χ2n) is 9.23. The molecule has 1 aliphatic carbocycles. The van der Waals surface area contributed by atoms with E-state index in [0.29, 0.717) is 27.4 Å². The summed E-state index contributed by atoms with van der Waals surface area (Å²) in [5.74, 6) is 2.10. The standard InChI is InChI=1S/C31H28N2O4S/c1-4-37-25-16-9-19(17-26(25)36-3)18-27-30(34)33-29(21-10-13-22(35-2)14-11-21)24-15-12-20-7-5-6-8-23(20)28(24)32-31(33)38-27/h5-11,13-14,16-18,29H,4,12,15H2,1-3H3/b27-18-/t29-/m1/s1. The molecule has 0 bridgehead atoms. The van der Waals surface area contributed by atoms with E-state index in [1.165, 1.54) is 22.5 Å². The Morgan fingerprint density at radius 3 is 2.58 bits per heavy atom. The van der Waals surface area contributed by atoms with Crippen molar-refractivity contribution in [1.29, 1.82) is 0 Å². The number of thiazole rings is 1. The van der Waals surface area contributed by atoms with Crippen LogP contribution in [0.3, 0.4) is 0 Å². The van der Waals surface area contributed by atoms with Crippen LogP contribution in [0, 0.1) is 0 Å². The summed E-state index contributed by atoms with van der Waals surface area (Å²) in [5, 5.41) is 0. The van der Waals surface area contributed by atoms with Crippen molar-refractivity contribution in [3.05, 3.63) is 114 Å². The van der Waals surface area contributed by atoms with Gasteiger partial charge in [0.25, 0.3) is 5.56 Å². The molecule has 2 aliphatic rings. The molecule has 6 rings (SSSR count). The molecule has 192 valence electrons. The normalized spacial score (nSPS) is 16.3. The lowest BCUT2D eigenvalue weighted by molar-refractivity contribution is 0.311. The number of fused-ring (bicyclic) bond motifs is 3. The van der Waals surface area contributed by atoms with Gasteiger partial charge in [-0.3, -0.25) is 9.36 Å². The molecular formula is C31H28N2O4S. The van der Waals surface area contributed by atoms with Crippen LogP contribution in [0.1, 0.15) is 41.6 Å². The molecule has 3 aromatic carbocycles. The lowest BCUT2D eigenvalue weighted by Gasteiger charge is -2.30. The molecule has 7 heteroatoms. The molecule has 0 fully saturated rings. The highest BCUT2D eigenvalue weighted by Gasteiger charge is 2.32. The number of aromatic nitrogens is 1. The first-order chi connectivity index (χ1) is 18.6. The van der Waals surface area contributed by atoms with Gasteiger partial charge in [-0.1, -0.05) is 53.8 Å². The molecule has 0 saturated carbocycles. The molecule has 0 N–H and O–H groups in total. The molecule has 0 spiro atoms. The molecule has 1 aromatic heterocycles. The number of allylic oxidation sites excluding steroid dienone is 1. The predicted octanol–water partition coefficient (Wildman–Crippen LogP) is 4.73. The van der Waals surface area contributed by atoms with Crippen molar-refractivity contribution in [2.24, 2.45) is 4.99 Å². The van der Waals surface area contributed by atoms with E-state index in [9.17, 15) is 4.79 Å². The fraction of sp³-hybridized carbons (Fsp3) is 0.226. The van der Waals surface area contributed by atoms with E-state index in [0.717, 1.165) is 41.0 Å². The number of rotatable bonds is 6. The van der Waals surface area contributed by atoms with Crippen molar-refractivity contribution in [3.8, 4) is 17.2 Å². The van der Waals surface area contributed by atoms with Gasteiger partial charge in [-0.15, -0.1) is 0 Å². The minimum Gasteiger partial charge on any atom is -0.497 e. The van der Waals surface area contributed by atoms with E-state index in [1.807, 2.05) is 47.9 Å². The number of hydrogen-bond donors (Lipinski definition) is 0. The molecule has 4 aromatic rings. The summed E-state index contributed by atoms with van der Waals surface area (Å²) in [7, 11) is 3.28. The number of methoxy groups -OCH3 is 2. The van der Waals surface area contributed by atoms with Gasteiger partial charge >= 0.3 is 0 Å². The van der Waals surface area contributed by atoms with Gasteiger partial charge < -0.3 is 14.2 Å². The number of benzene rings is 3. The summed E-state index contributed by atoms with van der Waals surface area (Å²) in [6.07, 6.45) is 3.68. The van der Waals surface area contributed by atoms with Crippen LogP contribution in [-0.2, 0) is 6.42 Å². The third-order valence-electron chi connectivity index (χ3n) is 7.09. The average molecular weight is 525 g/mol. The van der Waals surface area contributed by atoms with Crippen LogP contribution in [0.15, 0.2) is 82.1 Å². The van der Waals surface area contributed by atoms with Gasteiger partial charge in [0.1, 0.15) is 5.75 Å². The number of nitrogens with zero attached hydrogens (tertiary/aromatic N) is 2. The SMILES string of the molecule is CCOc1ccc(/C=c2\sc3n(c2=O)[C@H](c2ccc(OC)cc2)C2=C(N=3)c3ccccc3CC2)cc1OC. The van der Waals surface area contributed by atoms with Crippen LogP contribution in [0.5, 0.6) is 17.2 Å². The monoisotopic (exact) mass is 524 g/mol. The van der Waals surface area contributed by atoms with Crippen LogP contribution < -0.4 is 29.1 Å². The van der Waals surface area contributed by atoms with Crippen molar-refractivity contribution in [2.45, 2.75) is 25.8 Å². The zero-order valence-corrected chi connectivity index (χ0v) is 22.4. The summed E-state index contributed by atoms with van der Waals surface area (Å²) < 4.78 is 19.1. The topological polar surface area (TPSA) is 62.0 Å². The van der Waals surface area contributed by atoms with Crippen molar-refractivity contribution in [1.82, 2.24) is 4.57 Å². The maximum Gasteiger partial charge on any atom is 0.271 e. The van der Waals surface area contributed by atoms with Crippen LogP contribution >= 0.6 is 11.3 Å². The maximum absolute atomic E-state index is 13.9. The van der Waals surface area contributed by atoms with E-state index in [1.54, 1.807) is 14.2 Å². The molecule has 1 atom stereocenters. The number of hydrogen-bond acceptors (Lipinski definition) is 6. The van der Waals surface area contributed by atoms with E-state index in [4.69, 9.17) is 19.2 Å². The molecule has 0 amide bonds. The molecule has 1 aliphatic heterocycles. The van der Waals surface area contributed by atoms with Crippen LogP contribution in [-0.4, -0.2) is 25.4 Å². The van der Waals surface area contributed by atoms with Crippen molar-refractivity contribution in [2.75, 3.05) is 20.8 Å². The van der Waals surface area contributed by atoms with Crippen molar-refractivity contribution < 1.29 is 14.2 Å².